The normalized spacial score (nSPS) is 11.1. The van der Waals surface area contributed by atoms with Crippen LogP contribution in [-0.2, 0) is 22.7 Å². The molecule has 1 amide bonds. The van der Waals surface area contributed by atoms with Crippen LogP contribution in [-0.4, -0.2) is 35.5 Å². The molecule has 1 N–H and O–H groups in total. The first-order chi connectivity index (χ1) is 14.3. The lowest BCUT2D eigenvalue weighted by atomic mass is 10.1. The molecule has 0 bridgehead atoms. The highest BCUT2D eigenvalue weighted by molar-refractivity contribution is 7.14. The second-order valence-electron chi connectivity index (χ2n) is 7.93. The lowest BCUT2D eigenvalue weighted by molar-refractivity contribution is -0.125. The Morgan fingerprint density at radius 3 is 2.27 bits per heavy atom. The molecular weight excluding hydrogens is 396 g/mol. The summed E-state index contributed by atoms with van der Waals surface area (Å²) < 4.78 is 0. The summed E-state index contributed by atoms with van der Waals surface area (Å²) in [6, 6.07) is 12.2. The van der Waals surface area contributed by atoms with Crippen LogP contribution in [0.25, 0.3) is 0 Å². The molecule has 0 aliphatic rings. The maximum atomic E-state index is 12.2. The molecule has 0 aliphatic carbocycles. The van der Waals surface area contributed by atoms with Crippen molar-refractivity contribution < 1.29 is 14.4 Å². The maximum absolute atomic E-state index is 12.2. The number of Topliss-reactive ketones (excluding diaryl/α,β-unsaturated/α-hetero) is 2. The molecule has 0 saturated heterocycles. The number of nitrogens with zero attached hydrogens (tertiary/aromatic N) is 1. The fourth-order valence-corrected chi connectivity index (χ4v) is 3.79. The Bertz CT molecular complexity index is 873. The number of benzene rings is 1. The molecule has 1 heterocycles. The molecule has 162 valence electrons. The van der Waals surface area contributed by atoms with Crippen molar-refractivity contribution in [2.75, 3.05) is 7.05 Å². The average molecular weight is 429 g/mol. The van der Waals surface area contributed by atoms with E-state index in [0.717, 1.165) is 17.0 Å². The number of carbonyl (C=O) groups is 3. The van der Waals surface area contributed by atoms with E-state index in [2.05, 4.69) is 37.2 Å². The highest BCUT2D eigenvalue weighted by atomic mass is 32.1. The molecule has 1 aromatic carbocycles. The summed E-state index contributed by atoms with van der Waals surface area (Å²) in [7, 11) is 2.08. The molecule has 0 atom stereocenters. The zero-order chi connectivity index (χ0) is 22.1. The summed E-state index contributed by atoms with van der Waals surface area (Å²) in [6.45, 7) is 7.52. The van der Waals surface area contributed by atoms with Gasteiger partial charge in [-0.1, -0.05) is 24.3 Å². The topological polar surface area (TPSA) is 66.5 Å². The van der Waals surface area contributed by atoms with Gasteiger partial charge in [-0.15, -0.1) is 11.3 Å². The van der Waals surface area contributed by atoms with E-state index in [9.17, 15) is 14.4 Å². The molecule has 0 aliphatic heterocycles. The number of thiophene rings is 1. The molecule has 0 unspecified atom stereocenters. The molecule has 1 aromatic heterocycles. The zero-order valence-corrected chi connectivity index (χ0v) is 19.2. The smallest absolute Gasteiger partial charge is 0.220 e. The molecule has 30 heavy (non-hydrogen) atoms. The van der Waals surface area contributed by atoms with Crippen molar-refractivity contribution in [1.82, 2.24) is 10.2 Å². The van der Waals surface area contributed by atoms with Gasteiger partial charge in [0.05, 0.1) is 4.88 Å². The highest BCUT2D eigenvalue weighted by Gasteiger charge is 2.13. The quantitative estimate of drug-likeness (QED) is 0.505. The van der Waals surface area contributed by atoms with Gasteiger partial charge in [-0.05, 0) is 51.1 Å². The summed E-state index contributed by atoms with van der Waals surface area (Å²) in [5, 5.41) is 2.92. The molecular formula is C24H32N2O3S. The minimum Gasteiger partial charge on any atom is -0.352 e. The van der Waals surface area contributed by atoms with Gasteiger partial charge in [0, 0.05) is 49.7 Å². The Hall–Kier alpha value is -2.31. The van der Waals surface area contributed by atoms with Gasteiger partial charge in [0.1, 0.15) is 5.78 Å². The van der Waals surface area contributed by atoms with Crippen LogP contribution in [0.5, 0.6) is 0 Å². The molecule has 0 spiro atoms. The van der Waals surface area contributed by atoms with Gasteiger partial charge in [-0.3, -0.25) is 19.3 Å². The largest absolute Gasteiger partial charge is 0.352 e. The van der Waals surface area contributed by atoms with Crippen LogP contribution in [0.1, 0.15) is 65.2 Å². The van der Waals surface area contributed by atoms with Crippen molar-refractivity contribution in [2.24, 2.45) is 0 Å². The Kier molecular flexibility index (Phi) is 9.40. The van der Waals surface area contributed by atoms with Gasteiger partial charge < -0.3 is 5.32 Å². The number of ketones is 2. The van der Waals surface area contributed by atoms with E-state index in [-0.39, 0.29) is 43.2 Å². The summed E-state index contributed by atoms with van der Waals surface area (Å²) in [6.07, 6.45) is 0.712. The average Bonchev–Trinajstić information content (AvgIpc) is 3.16. The van der Waals surface area contributed by atoms with Crippen molar-refractivity contribution in [3.05, 3.63) is 57.3 Å². The first-order valence-electron chi connectivity index (χ1n) is 10.4. The standard InChI is InChI=1S/C24H32N2O3S/c1-17(2)26(4)16-20-8-6-5-7-19(20)15-25-24(29)14-11-21(27)10-12-22(28)23-13-9-18(3)30-23/h5-9,13,17H,10-12,14-16H2,1-4H3,(H,25,29). The van der Waals surface area contributed by atoms with Gasteiger partial charge in [0.25, 0.3) is 0 Å². The second kappa shape index (κ2) is 11.8. The van der Waals surface area contributed by atoms with Crippen LogP contribution in [0.4, 0.5) is 0 Å². The Morgan fingerprint density at radius 1 is 0.967 bits per heavy atom. The third kappa shape index (κ3) is 7.84. The zero-order valence-electron chi connectivity index (χ0n) is 18.4. The van der Waals surface area contributed by atoms with E-state index < -0.39 is 0 Å². The number of rotatable bonds is 12. The monoisotopic (exact) mass is 428 g/mol. The van der Waals surface area contributed by atoms with E-state index in [1.807, 2.05) is 31.2 Å². The summed E-state index contributed by atoms with van der Waals surface area (Å²) >= 11 is 1.45. The molecule has 5 nitrogen and oxygen atoms in total. The molecule has 2 rings (SSSR count). The van der Waals surface area contributed by atoms with Gasteiger partial charge in [0.15, 0.2) is 5.78 Å². The second-order valence-corrected chi connectivity index (χ2v) is 9.21. The fourth-order valence-electron chi connectivity index (χ4n) is 2.96. The number of aryl methyl sites for hydroxylation is 1. The maximum Gasteiger partial charge on any atom is 0.220 e. The van der Waals surface area contributed by atoms with Crippen molar-refractivity contribution in [3.63, 3.8) is 0 Å². The minimum absolute atomic E-state index is 0.00567. The summed E-state index contributed by atoms with van der Waals surface area (Å²) in [5.74, 6) is -0.199. The van der Waals surface area contributed by atoms with Crippen molar-refractivity contribution in [1.29, 1.82) is 0 Å². The van der Waals surface area contributed by atoms with E-state index in [4.69, 9.17) is 0 Å². The Labute approximate surface area is 183 Å². The van der Waals surface area contributed by atoms with E-state index in [1.54, 1.807) is 6.07 Å². The highest BCUT2D eigenvalue weighted by Crippen LogP contribution is 2.18. The van der Waals surface area contributed by atoms with E-state index >= 15 is 0 Å². The van der Waals surface area contributed by atoms with Crippen LogP contribution in [0.15, 0.2) is 36.4 Å². The van der Waals surface area contributed by atoms with Crippen LogP contribution in [0.2, 0.25) is 0 Å². The molecule has 0 fully saturated rings. The van der Waals surface area contributed by atoms with Crippen molar-refractivity contribution >= 4 is 28.8 Å². The summed E-state index contributed by atoms with van der Waals surface area (Å²) in [5.41, 5.74) is 2.27. The number of carbonyl (C=O) groups excluding carboxylic acids is 3. The SMILES string of the molecule is Cc1ccc(C(=O)CCC(=O)CCC(=O)NCc2ccccc2CN(C)C(C)C)s1. The van der Waals surface area contributed by atoms with Crippen LogP contribution in [0, 0.1) is 6.92 Å². The number of hydrogen-bond donors (Lipinski definition) is 1. The van der Waals surface area contributed by atoms with E-state index in [0.29, 0.717) is 17.5 Å². The van der Waals surface area contributed by atoms with Crippen LogP contribution >= 0.6 is 11.3 Å². The molecule has 0 saturated carbocycles. The fraction of sp³-hybridized carbons (Fsp3) is 0.458. The molecule has 0 radical (unpaired) electrons. The molecule has 6 heteroatoms. The number of nitrogens with one attached hydrogen (secondary N) is 1. The minimum atomic E-state index is -0.143. The van der Waals surface area contributed by atoms with Crippen LogP contribution < -0.4 is 5.32 Å². The lowest BCUT2D eigenvalue weighted by Crippen LogP contribution is -2.27. The molecule has 2 aromatic rings. The Balaban J connectivity index is 1.73. The van der Waals surface area contributed by atoms with Gasteiger partial charge in [-0.25, -0.2) is 0 Å². The predicted octanol–water partition coefficient (Wildman–Crippen LogP) is 4.53. The summed E-state index contributed by atoms with van der Waals surface area (Å²) in [4.78, 5) is 40.4. The number of amides is 1. The third-order valence-corrected chi connectivity index (χ3v) is 6.21. The van der Waals surface area contributed by atoms with Crippen LogP contribution in [0.3, 0.4) is 0 Å². The van der Waals surface area contributed by atoms with E-state index in [1.165, 1.54) is 16.9 Å². The third-order valence-electron chi connectivity index (χ3n) is 5.17. The Morgan fingerprint density at radius 2 is 1.63 bits per heavy atom. The van der Waals surface area contributed by atoms with Crippen molar-refractivity contribution in [3.8, 4) is 0 Å². The van der Waals surface area contributed by atoms with Crippen molar-refractivity contribution in [2.45, 2.75) is 65.6 Å². The van der Waals surface area contributed by atoms with Gasteiger partial charge in [0.2, 0.25) is 5.91 Å². The van der Waals surface area contributed by atoms with Gasteiger partial charge >= 0.3 is 0 Å². The number of hydrogen-bond acceptors (Lipinski definition) is 5. The first kappa shape index (κ1) is 24.0. The van der Waals surface area contributed by atoms with Gasteiger partial charge in [-0.2, -0.15) is 0 Å². The lowest BCUT2D eigenvalue weighted by Gasteiger charge is -2.22. The predicted molar refractivity (Wildman–Crippen MR) is 122 cm³/mol. The first-order valence-corrected chi connectivity index (χ1v) is 11.2.